The average molecular weight is 441 g/mol. The van der Waals surface area contributed by atoms with Gasteiger partial charge in [-0.15, -0.1) is 6.58 Å². The monoisotopic (exact) mass is 440 g/mol. The lowest BCUT2D eigenvalue weighted by Crippen LogP contribution is -2.17. The van der Waals surface area contributed by atoms with E-state index in [1.54, 1.807) is 24.3 Å². The minimum absolute atomic E-state index is 0.356. The Hall–Kier alpha value is -3.26. The van der Waals surface area contributed by atoms with E-state index in [9.17, 15) is 4.79 Å². The Balaban J connectivity index is 1.77. The summed E-state index contributed by atoms with van der Waals surface area (Å²) < 4.78 is 25.5. The van der Waals surface area contributed by atoms with Crippen molar-refractivity contribution in [3.8, 4) is 23.0 Å². The van der Waals surface area contributed by atoms with Gasteiger partial charge in [-0.25, -0.2) is 0 Å². The number of hydrogen-bond donors (Lipinski definition) is 0. The molecule has 31 heavy (non-hydrogen) atoms. The van der Waals surface area contributed by atoms with Crippen LogP contribution in [0, 0.1) is 0 Å². The zero-order chi connectivity index (χ0) is 21.8. The van der Waals surface area contributed by atoms with Crippen LogP contribution in [-0.4, -0.2) is 36.9 Å². The maximum absolute atomic E-state index is 13.0. The molecular formula is C23H24N2O5S. The zero-order valence-corrected chi connectivity index (χ0v) is 18.4. The van der Waals surface area contributed by atoms with E-state index in [-0.39, 0.29) is 5.91 Å². The van der Waals surface area contributed by atoms with Crippen molar-refractivity contribution in [3.63, 3.8) is 0 Å². The summed E-state index contributed by atoms with van der Waals surface area (Å²) in [5.74, 6) is 2.18. The Kier molecular flexibility index (Phi) is 6.27. The van der Waals surface area contributed by atoms with Crippen LogP contribution < -0.4 is 23.7 Å². The Labute approximate surface area is 184 Å². The van der Waals surface area contributed by atoms with E-state index < -0.39 is 0 Å². The zero-order valence-electron chi connectivity index (χ0n) is 17.6. The highest BCUT2D eigenvalue weighted by atomic mass is 32.1. The molecule has 0 aliphatic carbocycles. The normalized spacial score (nSPS) is 13.3. The number of fused-ring (bicyclic) bond motifs is 2. The van der Waals surface area contributed by atoms with Crippen molar-refractivity contribution in [3.05, 3.63) is 53.4 Å². The SMILES string of the molecule is C=CCn1c(=NC(=O)c2ccc(OCC)c(OCC)c2)sc2cc3c(cc21)OCCO3. The first-order valence-corrected chi connectivity index (χ1v) is 11.0. The molecule has 0 fully saturated rings. The Morgan fingerprint density at radius 3 is 2.55 bits per heavy atom. The summed E-state index contributed by atoms with van der Waals surface area (Å²) in [4.78, 5) is 18.0. The number of aromatic nitrogens is 1. The largest absolute Gasteiger partial charge is 0.490 e. The van der Waals surface area contributed by atoms with Gasteiger partial charge in [-0.3, -0.25) is 4.79 Å². The van der Waals surface area contributed by atoms with E-state index in [0.717, 1.165) is 10.2 Å². The van der Waals surface area contributed by atoms with Crippen LogP contribution >= 0.6 is 11.3 Å². The number of rotatable bonds is 7. The molecule has 2 heterocycles. The molecule has 1 amide bonds. The fraction of sp³-hybridized carbons (Fsp3) is 0.304. The lowest BCUT2D eigenvalue weighted by molar-refractivity contribution is 0.0997. The number of amides is 1. The maximum atomic E-state index is 13.0. The molecule has 162 valence electrons. The molecule has 1 aliphatic rings. The van der Waals surface area contributed by atoms with Crippen molar-refractivity contribution in [2.75, 3.05) is 26.4 Å². The van der Waals surface area contributed by atoms with Crippen LogP contribution in [0.25, 0.3) is 10.2 Å². The van der Waals surface area contributed by atoms with Crippen molar-refractivity contribution in [2.24, 2.45) is 4.99 Å². The van der Waals surface area contributed by atoms with Gasteiger partial charge in [0.15, 0.2) is 27.8 Å². The molecule has 2 aromatic carbocycles. The van der Waals surface area contributed by atoms with Gasteiger partial charge in [0.05, 0.1) is 23.4 Å². The number of ether oxygens (including phenoxy) is 4. The molecule has 0 bridgehead atoms. The lowest BCUT2D eigenvalue weighted by Gasteiger charge is -2.18. The summed E-state index contributed by atoms with van der Waals surface area (Å²) >= 11 is 1.42. The fourth-order valence-electron chi connectivity index (χ4n) is 3.33. The first-order valence-electron chi connectivity index (χ1n) is 10.2. The van der Waals surface area contributed by atoms with E-state index in [0.29, 0.717) is 66.3 Å². The van der Waals surface area contributed by atoms with Crippen LogP contribution in [0.4, 0.5) is 0 Å². The Morgan fingerprint density at radius 2 is 1.84 bits per heavy atom. The molecule has 0 saturated carbocycles. The van der Waals surface area contributed by atoms with Gasteiger partial charge in [-0.05, 0) is 32.0 Å². The number of thiazole rings is 1. The molecule has 0 atom stereocenters. The van der Waals surface area contributed by atoms with Gasteiger partial charge in [0.25, 0.3) is 5.91 Å². The smallest absolute Gasteiger partial charge is 0.279 e. The van der Waals surface area contributed by atoms with E-state index >= 15 is 0 Å². The highest BCUT2D eigenvalue weighted by molar-refractivity contribution is 7.16. The fourth-order valence-corrected chi connectivity index (χ4v) is 4.38. The number of hydrogen-bond acceptors (Lipinski definition) is 6. The molecular weight excluding hydrogens is 416 g/mol. The van der Waals surface area contributed by atoms with Gasteiger partial charge in [0.1, 0.15) is 13.2 Å². The third-order valence-corrected chi connectivity index (χ3v) is 5.69. The molecule has 0 N–H and O–H groups in total. The molecule has 7 nitrogen and oxygen atoms in total. The number of nitrogens with zero attached hydrogens (tertiary/aromatic N) is 2. The van der Waals surface area contributed by atoms with Gasteiger partial charge in [-0.2, -0.15) is 4.99 Å². The predicted octanol–water partition coefficient (Wildman–Crippen LogP) is 4.20. The summed E-state index contributed by atoms with van der Waals surface area (Å²) in [6, 6.07) is 8.97. The quantitative estimate of drug-likeness (QED) is 0.515. The molecule has 0 saturated heterocycles. The second-order valence-electron chi connectivity index (χ2n) is 6.69. The second-order valence-corrected chi connectivity index (χ2v) is 7.70. The maximum Gasteiger partial charge on any atom is 0.279 e. The van der Waals surface area contributed by atoms with Crippen LogP contribution in [0.5, 0.6) is 23.0 Å². The van der Waals surface area contributed by atoms with E-state index in [4.69, 9.17) is 18.9 Å². The van der Waals surface area contributed by atoms with Crippen molar-refractivity contribution in [2.45, 2.75) is 20.4 Å². The van der Waals surface area contributed by atoms with Gasteiger partial charge >= 0.3 is 0 Å². The van der Waals surface area contributed by atoms with Crippen molar-refractivity contribution < 1.29 is 23.7 Å². The predicted molar refractivity (Wildman–Crippen MR) is 120 cm³/mol. The second kappa shape index (κ2) is 9.26. The minimum atomic E-state index is -0.356. The summed E-state index contributed by atoms with van der Waals surface area (Å²) in [5.41, 5.74) is 1.35. The summed E-state index contributed by atoms with van der Waals surface area (Å²) in [6.45, 7) is 10.2. The van der Waals surface area contributed by atoms with Crippen LogP contribution in [0.3, 0.4) is 0 Å². The first-order chi connectivity index (χ1) is 15.1. The van der Waals surface area contributed by atoms with Crippen LogP contribution in [0.2, 0.25) is 0 Å². The summed E-state index contributed by atoms with van der Waals surface area (Å²) in [7, 11) is 0. The highest BCUT2D eigenvalue weighted by Gasteiger charge is 2.17. The lowest BCUT2D eigenvalue weighted by atomic mass is 10.2. The van der Waals surface area contributed by atoms with Gasteiger partial charge in [0.2, 0.25) is 0 Å². The standard InChI is InChI=1S/C23H24N2O5S/c1-4-9-25-16-13-19-20(30-11-10-29-19)14-21(16)31-23(25)24-22(26)15-7-8-17(27-5-2)18(12-15)28-6-3/h4,7-8,12-14H,1,5-6,9-11H2,2-3H3. The van der Waals surface area contributed by atoms with Gasteiger partial charge in [-0.1, -0.05) is 17.4 Å². The third-order valence-electron chi connectivity index (χ3n) is 4.65. The minimum Gasteiger partial charge on any atom is -0.490 e. The number of allylic oxidation sites excluding steroid dienone is 1. The Bertz CT molecular complexity index is 1190. The van der Waals surface area contributed by atoms with Crippen molar-refractivity contribution in [1.29, 1.82) is 0 Å². The van der Waals surface area contributed by atoms with Crippen LogP contribution in [0.1, 0.15) is 24.2 Å². The molecule has 0 radical (unpaired) electrons. The highest BCUT2D eigenvalue weighted by Crippen LogP contribution is 2.35. The molecule has 3 aromatic rings. The number of carbonyl (C=O) groups excluding carboxylic acids is 1. The van der Waals surface area contributed by atoms with Crippen molar-refractivity contribution >= 4 is 27.5 Å². The Morgan fingerprint density at radius 1 is 1.13 bits per heavy atom. The van der Waals surface area contributed by atoms with Gasteiger partial charge < -0.3 is 23.5 Å². The summed E-state index contributed by atoms with van der Waals surface area (Å²) in [5, 5.41) is 0. The van der Waals surface area contributed by atoms with Gasteiger partial charge in [0, 0.05) is 24.2 Å². The molecule has 0 spiro atoms. The third kappa shape index (κ3) is 4.29. The van der Waals surface area contributed by atoms with E-state index in [1.807, 2.05) is 30.5 Å². The molecule has 1 aliphatic heterocycles. The number of benzene rings is 2. The van der Waals surface area contributed by atoms with Crippen LogP contribution in [-0.2, 0) is 6.54 Å². The molecule has 0 unspecified atom stereocenters. The van der Waals surface area contributed by atoms with Crippen LogP contribution in [0.15, 0.2) is 48.0 Å². The van der Waals surface area contributed by atoms with Crippen molar-refractivity contribution in [1.82, 2.24) is 4.57 Å². The molecule has 4 rings (SSSR count). The van der Waals surface area contributed by atoms with E-state index in [2.05, 4.69) is 11.6 Å². The van der Waals surface area contributed by atoms with E-state index in [1.165, 1.54) is 11.3 Å². The first kappa shape index (κ1) is 21.0. The topological polar surface area (TPSA) is 71.3 Å². The average Bonchev–Trinajstić information content (AvgIpc) is 3.09. The molecule has 1 aromatic heterocycles. The summed E-state index contributed by atoms with van der Waals surface area (Å²) in [6.07, 6.45) is 1.77. The molecule has 8 heteroatoms. The number of carbonyl (C=O) groups is 1.